The minimum atomic E-state index is -0.103. The number of amides is 2. The summed E-state index contributed by atoms with van der Waals surface area (Å²) in [6, 6.07) is 2.13. The van der Waals surface area contributed by atoms with Crippen LogP contribution >= 0.6 is 11.3 Å². The van der Waals surface area contributed by atoms with E-state index in [0.717, 1.165) is 48.5 Å². The van der Waals surface area contributed by atoms with E-state index in [4.69, 9.17) is 0 Å². The molecular weight excluding hydrogens is 362 g/mol. The zero-order valence-corrected chi connectivity index (χ0v) is 16.3. The first kappa shape index (κ1) is 18.2. The van der Waals surface area contributed by atoms with E-state index < -0.39 is 0 Å². The van der Waals surface area contributed by atoms with Gasteiger partial charge in [-0.1, -0.05) is 12.8 Å². The number of thiazole rings is 1. The van der Waals surface area contributed by atoms with E-state index in [-0.39, 0.29) is 23.8 Å². The molecule has 144 valence electrons. The summed E-state index contributed by atoms with van der Waals surface area (Å²) < 4.78 is 0. The topological polar surface area (TPSA) is 91.0 Å². The molecule has 2 aromatic heterocycles. The number of hydrogen-bond acceptors (Lipinski definition) is 5. The van der Waals surface area contributed by atoms with Crippen molar-refractivity contribution in [2.75, 3.05) is 13.1 Å². The highest BCUT2D eigenvalue weighted by atomic mass is 32.1. The molecule has 1 aliphatic heterocycles. The third-order valence-electron chi connectivity index (χ3n) is 5.61. The van der Waals surface area contributed by atoms with Gasteiger partial charge in [-0.25, -0.2) is 4.98 Å². The van der Waals surface area contributed by atoms with Crippen LogP contribution in [0.15, 0.2) is 11.6 Å². The molecule has 1 unspecified atom stereocenters. The van der Waals surface area contributed by atoms with Gasteiger partial charge in [-0.05, 0) is 38.7 Å². The Morgan fingerprint density at radius 3 is 2.81 bits per heavy atom. The van der Waals surface area contributed by atoms with E-state index in [1.165, 1.54) is 24.2 Å². The molecule has 0 bridgehead atoms. The Morgan fingerprint density at radius 1 is 1.26 bits per heavy atom. The number of carbonyl (C=O) groups excluding carboxylic acids is 2. The van der Waals surface area contributed by atoms with Gasteiger partial charge in [-0.15, -0.1) is 11.3 Å². The number of likely N-dealkylation sites (tertiary alicyclic amines) is 1. The summed E-state index contributed by atoms with van der Waals surface area (Å²) in [4.78, 5) is 32.0. The molecule has 2 aliphatic rings. The number of aromatic amines is 1. The van der Waals surface area contributed by atoms with Gasteiger partial charge < -0.3 is 10.2 Å². The Balaban J connectivity index is 1.41. The van der Waals surface area contributed by atoms with Crippen LogP contribution in [0.25, 0.3) is 0 Å². The molecule has 1 aliphatic carbocycles. The van der Waals surface area contributed by atoms with E-state index in [1.807, 2.05) is 17.9 Å². The van der Waals surface area contributed by atoms with E-state index in [0.29, 0.717) is 12.2 Å². The highest BCUT2D eigenvalue weighted by molar-refractivity contribution is 7.11. The molecule has 2 aromatic rings. The molecule has 27 heavy (non-hydrogen) atoms. The molecule has 8 heteroatoms. The van der Waals surface area contributed by atoms with Crippen molar-refractivity contribution in [3.8, 4) is 0 Å². The number of nitrogens with zero attached hydrogens (tertiary/aromatic N) is 3. The summed E-state index contributed by atoms with van der Waals surface area (Å²) in [5.41, 5.74) is 3.89. The van der Waals surface area contributed by atoms with Gasteiger partial charge in [0.2, 0.25) is 0 Å². The number of aromatic nitrogens is 3. The highest BCUT2D eigenvalue weighted by Crippen LogP contribution is 2.28. The van der Waals surface area contributed by atoms with Crippen LogP contribution in [0.5, 0.6) is 0 Å². The van der Waals surface area contributed by atoms with Crippen molar-refractivity contribution < 1.29 is 9.59 Å². The second kappa shape index (κ2) is 7.80. The predicted octanol–water partition coefficient (Wildman–Crippen LogP) is 2.87. The van der Waals surface area contributed by atoms with Crippen LogP contribution in [0.4, 0.5) is 0 Å². The lowest BCUT2D eigenvalue weighted by molar-refractivity contribution is 0.0709. The van der Waals surface area contributed by atoms with Gasteiger partial charge in [-0.2, -0.15) is 5.10 Å². The van der Waals surface area contributed by atoms with Gasteiger partial charge in [0.05, 0.1) is 11.2 Å². The number of nitrogens with one attached hydrogen (secondary N) is 2. The first-order chi connectivity index (χ1) is 13.1. The van der Waals surface area contributed by atoms with Crippen LogP contribution in [-0.2, 0) is 0 Å². The molecule has 7 nitrogen and oxygen atoms in total. The van der Waals surface area contributed by atoms with E-state index in [9.17, 15) is 9.59 Å². The summed E-state index contributed by atoms with van der Waals surface area (Å²) in [6.07, 6.45) is 6.40. The quantitative estimate of drug-likeness (QED) is 0.844. The van der Waals surface area contributed by atoms with Gasteiger partial charge in [0.1, 0.15) is 10.6 Å². The molecule has 3 heterocycles. The van der Waals surface area contributed by atoms with Crippen LogP contribution in [0.2, 0.25) is 0 Å². The third kappa shape index (κ3) is 3.90. The average molecular weight is 388 g/mol. The van der Waals surface area contributed by atoms with Crippen LogP contribution in [0.1, 0.15) is 76.0 Å². The first-order valence-electron chi connectivity index (χ1n) is 9.67. The van der Waals surface area contributed by atoms with Crippen molar-refractivity contribution >= 4 is 23.2 Å². The standard InChI is InChI=1S/C19H25N5O2S/c1-12-17(27-11-20-12)19(26)24-8-4-5-13(10-24)15-9-16(23-22-15)18(25)21-14-6-2-3-7-14/h9,11,13-14H,2-8,10H2,1H3,(H,21,25)(H,22,23). The number of carbonyl (C=O) groups is 2. The van der Waals surface area contributed by atoms with E-state index >= 15 is 0 Å². The maximum atomic E-state index is 12.8. The zero-order valence-electron chi connectivity index (χ0n) is 15.5. The van der Waals surface area contributed by atoms with Gasteiger partial charge in [0, 0.05) is 30.7 Å². The smallest absolute Gasteiger partial charge is 0.271 e. The van der Waals surface area contributed by atoms with Crippen molar-refractivity contribution in [3.05, 3.63) is 33.5 Å². The van der Waals surface area contributed by atoms with Crippen LogP contribution in [-0.4, -0.2) is 51.0 Å². The Morgan fingerprint density at radius 2 is 2.07 bits per heavy atom. The average Bonchev–Trinajstić information content (AvgIpc) is 3.43. The predicted molar refractivity (Wildman–Crippen MR) is 103 cm³/mol. The van der Waals surface area contributed by atoms with Crippen LogP contribution in [0, 0.1) is 6.92 Å². The van der Waals surface area contributed by atoms with E-state index in [1.54, 1.807) is 5.51 Å². The van der Waals surface area contributed by atoms with E-state index in [2.05, 4.69) is 20.5 Å². The van der Waals surface area contributed by atoms with Crippen LogP contribution in [0.3, 0.4) is 0 Å². The first-order valence-corrected chi connectivity index (χ1v) is 10.6. The largest absolute Gasteiger partial charge is 0.348 e. The molecule has 1 saturated heterocycles. The van der Waals surface area contributed by atoms with Gasteiger partial charge in [0.15, 0.2) is 0 Å². The third-order valence-corrected chi connectivity index (χ3v) is 6.53. The molecule has 2 amide bonds. The molecule has 2 fully saturated rings. The Bertz CT molecular complexity index is 824. The summed E-state index contributed by atoms with van der Waals surface area (Å²) in [6.45, 7) is 3.27. The molecule has 1 atom stereocenters. The summed E-state index contributed by atoms with van der Waals surface area (Å²) >= 11 is 1.40. The Labute approximate surface area is 162 Å². The highest BCUT2D eigenvalue weighted by Gasteiger charge is 2.29. The lowest BCUT2D eigenvalue weighted by Crippen LogP contribution is -2.39. The summed E-state index contributed by atoms with van der Waals surface area (Å²) in [7, 11) is 0. The van der Waals surface area contributed by atoms with Gasteiger partial charge >= 0.3 is 0 Å². The fourth-order valence-corrected chi connectivity index (χ4v) is 4.83. The maximum Gasteiger partial charge on any atom is 0.271 e. The van der Waals surface area contributed by atoms with Gasteiger partial charge in [-0.3, -0.25) is 14.7 Å². The number of aryl methyl sites for hydroxylation is 1. The SMILES string of the molecule is Cc1ncsc1C(=O)N1CCCC(c2cc(C(=O)NC3CCCC3)n[nH]2)C1. The molecule has 0 radical (unpaired) electrons. The van der Waals surface area contributed by atoms with Crippen molar-refractivity contribution in [2.45, 2.75) is 57.4 Å². The normalized spacial score (nSPS) is 20.8. The van der Waals surface area contributed by atoms with Crippen molar-refractivity contribution in [1.29, 1.82) is 0 Å². The minimum Gasteiger partial charge on any atom is -0.348 e. The summed E-state index contributed by atoms with van der Waals surface area (Å²) in [5, 5.41) is 10.3. The van der Waals surface area contributed by atoms with Crippen molar-refractivity contribution in [1.82, 2.24) is 25.4 Å². The molecule has 0 spiro atoms. The zero-order chi connectivity index (χ0) is 18.8. The minimum absolute atomic E-state index is 0.0541. The maximum absolute atomic E-state index is 12.8. The van der Waals surface area contributed by atoms with Crippen molar-refractivity contribution in [3.63, 3.8) is 0 Å². The molecule has 4 rings (SSSR count). The molecule has 1 saturated carbocycles. The second-order valence-corrected chi connectivity index (χ2v) is 8.38. The lowest BCUT2D eigenvalue weighted by atomic mass is 9.94. The molecular formula is C19H25N5O2S. The Kier molecular flexibility index (Phi) is 5.24. The molecule has 0 aromatic carbocycles. The van der Waals surface area contributed by atoms with Crippen LogP contribution < -0.4 is 5.32 Å². The molecule has 2 N–H and O–H groups in total. The number of H-pyrrole nitrogens is 1. The summed E-state index contributed by atoms with van der Waals surface area (Å²) in [5.74, 6) is 0.128. The Hall–Kier alpha value is -2.22. The lowest BCUT2D eigenvalue weighted by Gasteiger charge is -2.32. The number of piperidine rings is 1. The fourth-order valence-electron chi connectivity index (χ4n) is 4.06. The second-order valence-electron chi connectivity index (χ2n) is 7.52. The van der Waals surface area contributed by atoms with Gasteiger partial charge in [0.25, 0.3) is 11.8 Å². The number of hydrogen-bond donors (Lipinski definition) is 2. The fraction of sp³-hybridized carbons (Fsp3) is 0.579. The monoisotopic (exact) mass is 387 g/mol. The van der Waals surface area contributed by atoms with Crippen molar-refractivity contribution in [2.24, 2.45) is 0 Å². The number of rotatable bonds is 4.